The van der Waals surface area contributed by atoms with Crippen molar-refractivity contribution >= 4 is 11.8 Å². The molecule has 2 saturated heterocycles. The average Bonchev–Trinajstić information content (AvgIpc) is 2.80. The number of nitrogens with one attached hydrogen (secondary N) is 1. The molecule has 1 N–H and O–H groups in total. The molecule has 1 aromatic rings. The largest absolute Gasteiger partial charge is 0.347 e. The van der Waals surface area contributed by atoms with Crippen molar-refractivity contribution in [1.82, 2.24) is 15.1 Å². The van der Waals surface area contributed by atoms with Gasteiger partial charge >= 0.3 is 0 Å². The lowest BCUT2D eigenvalue weighted by Gasteiger charge is -2.48. The van der Waals surface area contributed by atoms with E-state index >= 15 is 0 Å². The second-order valence-corrected chi connectivity index (χ2v) is 12.0. The summed E-state index contributed by atoms with van der Waals surface area (Å²) in [7, 11) is 0. The molecule has 2 aliphatic heterocycles. The van der Waals surface area contributed by atoms with E-state index < -0.39 is 6.04 Å². The molecule has 2 amide bonds. The van der Waals surface area contributed by atoms with E-state index in [0.29, 0.717) is 18.4 Å². The van der Waals surface area contributed by atoms with Crippen molar-refractivity contribution in [2.24, 2.45) is 5.41 Å². The Labute approximate surface area is 204 Å². The maximum absolute atomic E-state index is 14.4. The molecule has 6 heteroatoms. The lowest BCUT2D eigenvalue weighted by atomic mass is 9.63. The number of halogens is 1. The van der Waals surface area contributed by atoms with Crippen molar-refractivity contribution in [1.29, 1.82) is 0 Å². The summed E-state index contributed by atoms with van der Waals surface area (Å²) >= 11 is 0. The molecule has 0 saturated carbocycles. The molecule has 3 aliphatic rings. The van der Waals surface area contributed by atoms with Crippen LogP contribution < -0.4 is 5.32 Å². The van der Waals surface area contributed by atoms with Crippen molar-refractivity contribution in [3.05, 3.63) is 35.1 Å². The van der Waals surface area contributed by atoms with Crippen LogP contribution in [-0.2, 0) is 15.0 Å². The molecule has 2 heterocycles. The summed E-state index contributed by atoms with van der Waals surface area (Å²) in [6, 6.07) is 4.62. The molecule has 0 aromatic heterocycles. The highest BCUT2D eigenvalue weighted by Gasteiger charge is 2.43. The summed E-state index contributed by atoms with van der Waals surface area (Å²) in [6.45, 7) is 12.2. The zero-order chi connectivity index (χ0) is 24.5. The molecule has 2 atom stereocenters. The molecule has 1 aliphatic carbocycles. The van der Waals surface area contributed by atoms with Gasteiger partial charge in [-0.2, -0.15) is 0 Å². The molecule has 1 spiro atoms. The Morgan fingerprint density at radius 2 is 1.82 bits per heavy atom. The third kappa shape index (κ3) is 5.48. The van der Waals surface area contributed by atoms with Crippen LogP contribution in [0.25, 0.3) is 0 Å². The number of hydrogen-bond donors (Lipinski definition) is 1. The molecule has 1 unspecified atom stereocenters. The normalized spacial score (nSPS) is 25.1. The van der Waals surface area contributed by atoms with Gasteiger partial charge in [-0.15, -0.1) is 0 Å². The first kappa shape index (κ1) is 25.2. The minimum atomic E-state index is -0.392. The number of nitrogens with zero attached hydrogens (tertiary/aromatic N) is 2. The number of amides is 2. The van der Waals surface area contributed by atoms with Crippen LogP contribution in [-0.4, -0.2) is 53.8 Å². The number of benzene rings is 1. The fraction of sp³-hybridized carbons (Fsp3) is 0.714. The molecule has 1 aromatic carbocycles. The number of carbonyl (C=O) groups is 2. The van der Waals surface area contributed by atoms with E-state index in [1.165, 1.54) is 12.5 Å². The summed E-state index contributed by atoms with van der Waals surface area (Å²) in [5.74, 6) is -0.304. The third-order valence-corrected chi connectivity index (χ3v) is 8.39. The smallest absolute Gasteiger partial charge is 0.243 e. The molecule has 4 rings (SSSR count). The average molecular weight is 472 g/mol. The van der Waals surface area contributed by atoms with Gasteiger partial charge in [0.15, 0.2) is 0 Å². The number of hydrogen-bond acceptors (Lipinski definition) is 3. The molecule has 34 heavy (non-hydrogen) atoms. The van der Waals surface area contributed by atoms with Crippen LogP contribution in [0, 0.1) is 11.2 Å². The lowest BCUT2D eigenvalue weighted by molar-refractivity contribution is -0.141. The minimum Gasteiger partial charge on any atom is -0.347 e. The predicted octanol–water partition coefficient (Wildman–Crippen LogP) is 4.95. The van der Waals surface area contributed by atoms with Gasteiger partial charge in [0.2, 0.25) is 11.8 Å². The van der Waals surface area contributed by atoms with Crippen molar-refractivity contribution in [2.45, 2.75) is 96.6 Å². The van der Waals surface area contributed by atoms with E-state index in [4.69, 9.17) is 0 Å². The van der Waals surface area contributed by atoms with E-state index in [-0.39, 0.29) is 29.1 Å². The van der Waals surface area contributed by atoms with Crippen molar-refractivity contribution < 1.29 is 14.0 Å². The van der Waals surface area contributed by atoms with Gasteiger partial charge in [0.25, 0.3) is 0 Å². The summed E-state index contributed by atoms with van der Waals surface area (Å²) in [5, 5.41) is 3.25. The third-order valence-electron chi connectivity index (χ3n) is 8.39. The SMILES string of the molecule is CC(=O)N1CCCCC1C(=O)N[C@@H]1CCC2(CCN(CCC(C)(C)C)CC2)c2cc(F)ccc21. The Morgan fingerprint density at radius 3 is 2.50 bits per heavy atom. The Morgan fingerprint density at radius 1 is 1.09 bits per heavy atom. The van der Waals surface area contributed by atoms with E-state index in [9.17, 15) is 14.0 Å². The van der Waals surface area contributed by atoms with Gasteiger partial charge in [-0.1, -0.05) is 26.8 Å². The number of carbonyl (C=O) groups excluding carboxylic acids is 2. The number of rotatable bonds is 4. The first-order chi connectivity index (χ1) is 16.1. The number of fused-ring (bicyclic) bond motifs is 2. The van der Waals surface area contributed by atoms with Crippen LogP contribution >= 0.6 is 0 Å². The zero-order valence-corrected chi connectivity index (χ0v) is 21.5. The predicted molar refractivity (Wildman–Crippen MR) is 133 cm³/mol. The van der Waals surface area contributed by atoms with Crippen molar-refractivity contribution in [3.63, 3.8) is 0 Å². The molecular weight excluding hydrogens is 429 g/mol. The first-order valence-electron chi connectivity index (χ1n) is 13.2. The molecule has 2 fully saturated rings. The van der Waals surface area contributed by atoms with E-state index in [1.807, 2.05) is 6.07 Å². The molecule has 5 nitrogen and oxygen atoms in total. The van der Waals surface area contributed by atoms with Gasteiger partial charge in [0.1, 0.15) is 11.9 Å². The van der Waals surface area contributed by atoms with Crippen LogP contribution in [0.4, 0.5) is 4.39 Å². The maximum Gasteiger partial charge on any atom is 0.243 e. The van der Waals surface area contributed by atoms with E-state index in [0.717, 1.165) is 69.3 Å². The second-order valence-electron chi connectivity index (χ2n) is 12.0. The Kier molecular flexibility index (Phi) is 7.37. The fourth-order valence-corrected chi connectivity index (χ4v) is 6.22. The second kappa shape index (κ2) is 9.96. The van der Waals surface area contributed by atoms with Crippen LogP contribution in [0.3, 0.4) is 0 Å². The maximum atomic E-state index is 14.4. The Hall–Kier alpha value is -1.95. The lowest BCUT2D eigenvalue weighted by Crippen LogP contribution is -2.53. The summed E-state index contributed by atoms with van der Waals surface area (Å²) in [4.78, 5) is 29.6. The Bertz CT molecular complexity index is 901. The summed E-state index contributed by atoms with van der Waals surface area (Å²) < 4.78 is 14.4. The van der Waals surface area contributed by atoms with E-state index in [1.54, 1.807) is 17.9 Å². The molecule has 0 bridgehead atoms. The fourth-order valence-electron chi connectivity index (χ4n) is 6.22. The van der Waals surface area contributed by atoms with Crippen LogP contribution in [0.2, 0.25) is 0 Å². The van der Waals surface area contributed by atoms with Gasteiger partial charge < -0.3 is 15.1 Å². The zero-order valence-electron chi connectivity index (χ0n) is 21.5. The highest BCUT2D eigenvalue weighted by atomic mass is 19.1. The highest BCUT2D eigenvalue weighted by Crippen LogP contribution is 2.48. The molecule has 0 radical (unpaired) electrons. The first-order valence-corrected chi connectivity index (χ1v) is 13.2. The Balaban J connectivity index is 1.49. The number of likely N-dealkylation sites (tertiary alicyclic amines) is 2. The standard InChI is InChI=1S/C28H42FN3O2/c1-20(33)32-15-6-5-7-25(32)26(34)30-24-10-11-28(23-19-21(29)8-9-22(23)24)13-17-31(18-14-28)16-12-27(2,3)4/h8-9,19,24-25H,5-7,10-18H2,1-4H3,(H,30,34)/t24-,25?/m1/s1. The van der Waals surface area contributed by atoms with Gasteiger partial charge in [-0.05, 0) is 105 Å². The monoisotopic (exact) mass is 471 g/mol. The number of piperidine rings is 2. The topological polar surface area (TPSA) is 52.7 Å². The van der Waals surface area contributed by atoms with E-state index in [2.05, 4.69) is 31.0 Å². The van der Waals surface area contributed by atoms with Gasteiger partial charge in [0.05, 0.1) is 6.04 Å². The van der Waals surface area contributed by atoms with Crippen LogP contribution in [0.15, 0.2) is 18.2 Å². The molecule has 188 valence electrons. The molecular formula is C28H42FN3O2. The summed E-state index contributed by atoms with van der Waals surface area (Å²) in [6.07, 6.45) is 7.69. The minimum absolute atomic E-state index is 0.00679. The van der Waals surface area contributed by atoms with Gasteiger partial charge in [-0.25, -0.2) is 4.39 Å². The van der Waals surface area contributed by atoms with Crippen LogP contribution in [0.1, 0.15) is 96.2 Å². The van der Waals surface area contributed by atoms with Gasteiger partial charge in [-0.3, -0.25) is 9.59 Å². The van der Waals surface area contributed by atoms with Gasteiger partial charge in [0, 0.05) is 13.5 Å². The summed E-state index contributed by atoms with van der Waals surface area (Å²) in [5.41, 5.74) is 2.48. The van der Waals surface area contributed by atoms with Crippen LogP contribution in [0.5, 0.6) is 0 Å². The highest BCUT2D eigenvalue weighted by molar-refractivity contribution is 5.87. The quantitative estimate of drug-likeness (QED) is 0.676. The van der Waals surface area contributed by atoms with Crippen molar-refractivity contribution in [2.75, 3.05) is 26.2 Å². The van der Waals surface area contributed by atoms with Crippen molar-refractivity contribution in [3.8, 4) is 0 Å².